The van der Waals surface area contributed by atoms with E-state index in [2.05, 4.69) is 4.90 Å². The van der Waals surface area contributed by atoms with Gasteiger partial charge in [-0.1, -0.05) is 6.07 Å². The summed E-state index contributed by atoms with van der Waals surface area (Å²) < 4.78 is 5.41. The Morgan fingerprint density at radius 1 is 1.24 bits per heavy atom. The zero-order valence-corrected chi connectivity index (χ0v) is 15.5. The second-order valence-electron chi connectivity index (χ2n) is 7.36. The lowest BCUT2D eigenvalue weighted by atomic mass is 9.76. The molecule has 0 atom stereocenters. The molecule has 1 fully saturated rings. The van der Waals surface area contributed by atoms with Gasteiger partial charge in [0.15, 0.2) is 0 Å². The van der Waals surface area contributed by atoms with Crippen molar-refractivity contribution in [2.75, 3.05) is 31.1 Å². The largest absolute Gasteiger partial charge is 0.488 e. The van der Waals surface area contributed by atoms with Crippen molar-refractivity contribution >= 4 is 24.4 Å². The number of carbonyl (C=O) groups is 1. The Morgan fingerprint density at radius 3 is 2.32 bits per heavy atom. The number of hydrogen-bond acceptors (Lipinski definition) is 6. The van der Waals surface area contributed by atoms with Crippen LogP contribution >= 0.6 is 0 Å². The molecule has 0 spiro atoms. The van der Waals surface area contributed by atoms with Gasteiger partial charge >= 0.3 is 13.2 Å². The number of ether oxygens (including phenoxy) is 1. The zero-order valence-electron chi connectivity index (χ0n) is 15.5. The number of amides is 1. The standard InChI is InChI=1S/C17H28BN3O4/c1-12-14(18(23)24)9-13(11-19)10-15(12)20-5-7-21(8-6-20)16(22)25-17(2,3)4/h9-10,23-24H,5-8,11,19H2,1-4H3. The maximum absolute atomic E-state index is 12.2. The van der Waals surface area contributed by atoms with E-state index in [0.717, 1.165) is 16.8 Å². The molecule has 0 bridgehead atoms. The van der Waals surface area contributed by atoms with Crippen LogP contribution < -0.4 is 16.1 Å². The zero-order chi connectivity index (χ0) is 18.8. The van der Waals surface area contributed by atoms with Crippen molar-refractivity contribution in [3.8, 4) is 0 Å². The Kier molecular flexibility index (Phi) is 5.97. The number of carbonyl (C=O) groups excluding carboxylic acids is 1. The predicted molar refractivity (Wildman–Crippen MR) is 98.9 cm³/mol. The summed E-state index contributed by atoms with van der Waals surface area (Å²) in [5.74, 6) is 0. The summed E-state index contributed by atoms with van der Waals surface area (Å²) in [6.45, 7) is 10.1. The van der Waals surface area contributed by atoms with Gasteiger partial charge in [0.25, 0.3) is 0 Å². The monoisotopic (exact) mass is 349 g/mol. The molecule has 1 aliphatic rings. The molecule has 1 saturated heterocycles. The van der Waals surface area contributed by atoms with Crippen LogP contribution in [0.3, 0.4) is 0 Å². The molecule has 25 heavy (non-hydrogen) atoms. The minimum Gasteiger partial charge on any atom is -0.444 e. The molecule has 4 N–H and O–H groups in total. The number of nitrogens with two attached hydrogens (primary N) is 1. The predicted octanol–water partition coefficient (Wildman–Crippen LogP) is 0.191. The second kappa shape index (κ2) is 7.64. The Balaban J connectivity index is 2.13. The van der Waals surface area contributed by atoms with Crippen molar-refractivity contribution in [2.45, 2.75) is 39.8 Å². The Bertz CT molecular complexity index is 623. The lowest BCUT2D eigenvalue weighted by molar-refractivity contribution is 0.0240. The number of nitrogens with zero attached hydrogens (tertiary/aromatic N) is 2. The van der Waals surface area contributed by atoms with Crippen molar-refractivity contribution < 1.29 is 19.6 Å². The van der Waals surface area contributed by atoms with Crippen LogP contribution in [-0.4, -0.2) is 59.9 Å². The summed E-state index contributed by atoms with van der Waals surface area (Å²) >= 11 is 0. The molecule has 1 aliphatic heterocycles. The molecule has 1 amide bonds. The molecule has 1 aromatic carbocycles. The first-order valence-corrected chi connectivity index (χ1v) is 8.55. The van der Waals surface area contributed by atoms with E-state index >= 15 is 0 Å². The Labute approximate surface area is 149 Å². The highest BCUT2D eigenvalue weighted by atomic mass is 16.6. The van der Waals surface area contributed by atoms with Gasteiger partial charge in [0.2, 0.25) is 0 Å². The van der Waals surface area contributed by atoms with Crippen LogP contribution in [0.25, 0.3) is 0 Å². The van der Waals surface area contributed by atoms with Crippen LogP contribution in [0.1, 0.15) is 31.9 Å². The summed E-state index contributed by atoms with van der Waals surface area (Å²) in [6.07, 6.45) is -0.300. The summed E-state index contributed by atoms with van der Waals surface area (Å²) in [5.41, 5.74) is 8.28. The third-order valence-electron chi connectivity index (χ3n) is 4.27. The molecule has 0 radical (unpaired) electrons. The maximum Gasteiger partial charge on any atom is 0.488 e. The average Bonchev–Trinajstić information content (AvgIpc) is 2.53. The molecule has 1 aromatic rings. The van der Waals surface area contributed by atoms with Crippen LogP contribution in [-0.2, 0) is 11.3 Å². The van der Waals surface area contributed by atoms with Crippen LogP contribution in [0.4, 0.5) is 10.5 Å². The molecule has 0 aromatic heterocycles. The average molecular weight is 349 g/mol. The number of anilines is 1. The van der Waals surface area contributed by atoms with E-state index in [-0.39, 0.29) is 6.09 Å². The molecule has 0 aliphatic carbocycles. The van der Waals surface area contributed by atoms with Gasteiger partial charge in [0, 0.05) is 38.4 Å². The quantitative estimate of drug-likeness (QED) is 0.674. The third kappa shape index (κ3) is 4.87. The van der Waals surface area contributed by atoms with E-state index < -0.39 is 12.7 Å². The van der Waals surface area contributed by atoms with E-state index in [1.165, 1.54) is 0 Å². The van der Waals surface area contributed by atoms with Crippen molar-refractivity contribution in [1.29, 1.82) is 0 Å². The molecular formula is C17H28BN3O4. The number of hydrogen-bond donors (Lipinski definition) is 3. The van der Waals surface area contributed by atoms with E-state index in [9.17, 15) is 14.8 Å². The fourth-order valence-corrected chi connectivity index (χ4v) is 2.95. The van der Waals surface area contributed by atoms with E-state index in [1.807, 2.05) is 33.8 Å². The van der Waals surface area contributed by atoms with Crippen molar-refractivity contribution in [3.63, 3.8) is 0 Å². The highest BCUT2D eigenvalue weighted by Gasteiger charge is 2.27. The summed E-state index contributed by atoms with van der Waals surface area (Å²) in [4.78, 5) is 16.0. The van der Waals surface area contributed by atoms with Gasteiger partial charge in [-0.15, -0.1) is 0 Å². The fourth-order valence-electron chi connectivity index (χ4n) is 2.95. The van der Waals surface area contributed by atoms with Gasteiger partial charge in [-0.2, -0.15) is 0 Å². The molecule has 7 nitrogen and oxygen atoms in total. The van der Waals surface area contributed by atoms with Crippen LogP contribution in [0.15, 0.2) is 12.1 Å². The first-order valence-electron chi connectivity index (χ1n) is 8.55. The minimum absolute atomic E-state index is 0.300. The summed E-state index contributed by atoms with van der Waals surface area (Å²) in [6, 6.07) is 3.70. The molecule has 1 heterocycles. The topological polar surface area (TPSA) is 99.3 Å². The molecule has 0 saturated carbocycles. The summed E-state index contributed by atoms with van der Waals surface area (Å²) in [5, 5.41) is 19.2. The van der Waals surface area contributed by atoms with Gasteiger partial charge < -0.3 is 30.3 Å². The smallest absolute Gasteiger partial charge is 0.444 e. The van der Waals surface area contributed by atoms with Gasteiger partial charge in [-0.3, -0.25) is 0 Å². The number of benzene rings is 1. The van der Waals surface area contributed by atoms with Crippen LogP contribution in [0.2, 0.25) is 0 Å². The van der Waals surface area contributed by atoms with Crippen LogP contribution in [0.5, 0.6) is 0 Å². The molecular weight excluding hydrogens is 321 g/mol. The first kappa shape index (κ1) is 19.6. The van der Waals surface area contributed by atoms with Gasteiger partial charge in [-0.25, -0.2) is 4.79 Å². The van der Waals surface area contributed by atoms with Gasteiger partial charge in [0.05, 0.1) is 0 Å². The molecule has 0 unspecified atom stereocenters. The van der Waals surface area contributed by atoms with Crippen molar-refractivity contribution in [1.82, 2.24) is 4.90 Å². The van der Waals surface area contributed by atoms with E-state index in [4.69, 9.17) is 10.5 Å². The third-order valence-corrected chi connectivity index (χ3v) is 4.27. The summed E-state index contributed by atoms with van der Waals surface area (Å²) in [7, 11) is -1.53. The number of rotatable bonds is 3. The number of piperazine rings is 1. The fraction of sp³-hybridized carbons (Fsp3) is 0.588. The lowest BCUT2D eigenvalue weighted by Crippen LogP contribution is -2.50. The molecule has 2 rings (SSSR count). The Morgan fingerprint density at radius 2 is 1.84 bits per heavy atom. The lowest BCUT2D eigenvalue weighted by Gasteiger charge is -2.37. The van der Waals surface area contributed by atoms with Crippen LogP contribution in [0, 0.1) is 6.92 Å². The van der Waals surface area contributed by atoms with Gasteiger partial charge in [-0.05, 0) is 50.4 Å². The minimum atomic E-state index is -1.53. The van der Waals surface area contributed by atoms with Crippen molar-refractivity contribution in [3.05, 3.63) is 23.3 Å². The second-order valence-corrected chi connectivity index (χ2v) is 7.36. The highest BCUT2D eigenvalue weighted by molar-refractivity contribution is 6.59. The highest BCUT2D eigenvalue weighted by Crippen LogP contribution is 2.23. The van der Waals surface area contributed by atoms with E-state index in [1.54, 1.807) is 11.0 Å². The SMILES string of the molecule is Cc1c(B(O)O)cc(CN)cc1N1CCN(C(=O)OC(C)(C)C)CC1. The normalized spacial score (nSPS) is 15.3. The first-order chi connectivity index (χ1) is 11.6. The van der Waals surface area contributed by atoms with Crippen molar-refractivity contribution in [2.24, 2.45) is 5.73 Å². The maximum atomic E-state index is 12.2. The van der Waals surface area contributed by atoms with Gasteiger partial charge in [0.1, 0.15) is 5.60 Å². The molecule has 138 valence electrons. The Hall–Kier alpha value is -1.77. The molecule has 8 heteroatoms. The van der Waals surface area contributed by atoms with E-state index in [0.29, 0.717) is 38.2 Å².